The van der Waals surface area contributed by atoms with Crippen molar-refractivity contribution in [3.05, 3.63) is 101 Å². The average Bonchev–Trinajstić information content (AvgIpc) is 3.57. The molecule has 0 radical (unpaired) electrons. The molecule has 3 heterocycles. The molecule has 2 N–H and O–H groups in total. The average molecular weight is 592 g/mol. The molecule has 2 unspecified atom stereocenters. The number of nitrogens with zero attached hydrogens (tertiary/aromatic N) is 5. The third-order valence-electron chi connectivity index (χ3n) is 8.18. The number of hydrogen-bond acceptors (Lipinski definition) is 5. The Morgan fingerprint density at radius 2 is 1.73 bits per heavy atom. The van der Waals surface area contributed by atoms with E-state index in [1.54, 1.807) is 0 Å². The van der Waals surface area contributed by atoms with Crippen LogP contribution in [0.3, 0.4) is 0 Å². The highest BCUT2D eigenvalue weighted by Gasteiger charge is 2.28. The quantitative estimate of drug-likeness (QED) is 0.196. The molecule has 5 aromatic rings. The van der Waals surface area contributed by atoms with E-state index in [9.17, 15) is 4.79 Å². The number of urea groups is 1. The van der Waals surface area contributed by atoms with Crippen molar-refractivity contribution in [2.45, 2.75) is 84.3 Å². The number of rotatable bonds is 6. The lowest BCUT2D eigenvalue weighted by molar-refractivity contribution is 0.193. The first-order valence-corrected chi connectivity index (χ1v) is 15.4. The number of aromatic nitrogens is 5. The van der Waals surface area contributed by atoms with Crippen LogP contribution in [0.1, 0.15) is 100 Å². The maximum atomic E-state index is 13.5. The van der Waals surface area contributed by atoms with Crippen LogP contribution in [-0.2, 0) is 5.41 Å². The lowest BCUT2D eigenvalue weighted by Crippen LogP contribution is -2.33. The topological polar surface area (TPSA) is 98.4 Å². The van der Waals surface area contributed by atoms with Gasteiger partial charge in [-0.3, -0.25) is 9.72 Å². The van der Waals surface area contributed by atoms with Gasteiger partial charge in [0.15, 0.2) is 5.65 Å². The highest BCUT2D eigenvalue weighted by Crippen LogP contribution is 2.37. The van der Waals surface area contributed by atoms with E-state index in [1.807, 2.05) is 69.9 Å². The zero-order valence-electron chi connectivity index (χ0n) is 26.3. The summed E-state index contributed by atoms with van der Waals surface area (Å²) in [7, 11) is 0. The van der Waals surface area contributed by atoms with Gasteiger partial charge in [0.05, 0.1) is 23.6 Å². The zero-order valence-corrected chi connectivity index (χ0v) is 26.3. The maximum Gasteiger partial charge on any atom is 0.320 e. The molecule has 0 spiro atoms. The van der Waals surface area contributed by atoms with E-state index in [-0.39, 0.29) is 29.5 Å². The fourth-order valence-electron chi connectivity index (χ4n) is 5.76. The smallest absolute Gasteiger partial charge is 0.320 e. The van der Waals surface area contributed by atoms with E-state index in [1.165, 1.54) is 0 Å². The van der Waals surface area contributed by atoms with Crippen LogP contribution >= 0.6 is 0 Å². The second-order valence-corrected chi connectivity index (χ2v) is 13.0. The molecule has 0 fully saturated rings. The molecule has 9 heteroatoms. The fourth-order valence-corrected chi connectivity index (χ4v) is 5.76. The summed E-state index contributed by atoms with van der Waals surface area (Å²) in [5.41, 5.74) is 5.75. The molecule has 3 aromatic heterocycles. The molecule has 228 valence electrons. The third kappa shape index (κ3) is 6.04. The van der Waals surface area contributed by atoms with Crippen molar-refractivity contribution in [2.24, 2.45) is 0 Å². The van der Waals surface area contributed by atoms with Crippen LogP contribution in [0.4, 0.5) is 10.6 Å². The van der Waals surface area contributed by atoms with Gasteiger partial charge in [0, 0.05) is 17.4 Å². The number of nitrogens with one attached hydrogen (secondary N) is 2. The summed E-state index contributed by atoms with van der Waals surface area (Å²) in [5.74, 6) is 2.54. The number of benzene rings is 2. The molecular formula is C35H41N7O2. The summed E-state index contributed by atoms with van der Waals surface area (Å²) in [5, 5.41) is 19.9. The van der Waals surface area contributed by atoms with Crippen molar-refractivity contribution in [3.8, 4) is 11.4 Å². The second kappa shape index (κ2) is 11.8. The van der Waals surface area contributed by atoms with Crippen molar-refractivity contribution < 1.29 is 9.53 Å². The van der Waals surface area contributed by atoms with Crippen LogP contribution < -0.4 is 15.4 Å². The molecule has 2 atom stereocenters. The number of aryl methyl sites for hydroxylation is 1. The molecule has 6 rings (SSSR count). The minimum atomic E-state index is -0.267. The van der Waals surface area contributed by atoms with Gasteiger partial charge in [-0.2, -0.15) is 5.10 Å². The van der Waals surface area contributed by atoms with Gasteiger partial charge in [-0.25, -0.2) is 9.48 Å². The van der Waals surface area contributed by atoms with Crippen LogP contribution in [0.25, 0.3) is 11.3 Å². The number of amides is 2. The van der Waals surface area contributed by atoms with Crippen molar-refractivity contribution in [1.29, 1.82) is 0 Å². The summed E-state index contributed by atoms with van der Waals surface area (Å²) in [6.45, 7) is 12.6. The number of carbonyl (C=O) groups is 1. The SMILES string of the molecule is Cc1ccc(-n2nc(C(C)(C)C)cc2NC(=O)NC2CCCC(Oc3ccc4nnc(C(C)C)n4c3)c3ccccc32)cc1. The molecule has 0 saturated carbocycles. The summed E-state index contributed by atoms with van der Waals surface area (Å²) in [4.78, 5) is 13.5. The van der Waals surface area contributed by atoms with Gasteiger partial charge in [-0.05, 0) is 61.6 Å². The number of hydrogen-bond donors (Lipinski definition) is 2. The summed E-state index contributed by atoms with van der Waals surface area (Å²) >= 11 is 0. The Morgan fingerprint density at radius 1 is 0.977 bits per heavy atom. The van der Waals surface area contributed by atoms with Gasteiger partial charge >= 0.3 is 6.03 Å². The van der Waals surface area contributed by atoms with Gasteiger partial charge < -0.3 is 10.1 Å². The first kappa shape index (κ1) is 29.4. The third-order valence-corrected chi connectivity index (χ3v) is 8.18. The summed E-state index contributed by atoms with van der Waals surface area (Å²) in [6.07, 6.45) is 4.37. The van der Waals surface area contributed by atoms with Crippen LogP contribution in [0.5, 0.6) is 5.75 Å². The van der Waals surface area contributed by atoms with E-state index in [2.05, 4.69) is 74.5 Å². The van der Waals surface area contributed by atoms with Crippen molar-refractivity contribution >= 4 is 17.5 Å². The highest BCUT2D eigenvalue weighted by atomic mass is 16.5. The molecule has 2 amide bonds. The van der Waals surface area contributed by atoms with E-state index in [4.69, 9.17) is 9.84 Å². The van der Waals surface area contributed by atoms with Crippen molar-refractivity contribution in [1.82, 2.24) is 29.7 Å². The largest absolute Gasteiger partial charge is 0.484 e. The van der Waals surface area contributed by atoms with Gasteiger partial charge in [0.2, 0.25) is 0 Å². The first-order valence-electron chi connectivity index (χ1n) is 15.4. The maximum absolute atomic E-state index is 13.5. The summed E-state index contributed by atoms with van der Waals surface area (Å²) in [6, 6.07) is 21.8. The van der Waals surface area contributed by atoms with E-state index < -0.39 is 0 Å². The molecule has 0 saturated heterocycles. The molecule has 0 aliphatic heterocycles. The molecule has 9 nitrogen and oxygen atoms in total. The normalized spacial score (nSPS) is 16.9. The van der Waals surface area contributed by atoms with Crippen LogP contribution in [0.2, 0.25) is 0 Å². The number of fused-ring (bicyclic) bond motifs is 2. The molecule has 44 heavy (non-hydrogen) atoms. The fraction of sp³-hybridized carbons (Fsp3) is 0.371. The summed E-state index contributed by atoms with van der Waals surface area (Å²) < 4.78 is 10.4. The van der Waals surface area contributed by atoms with Gasteiger partial charge in [-0.15, -0.1) is 10.2 Å². The first-order chi connectivity index (χ1) is 21.1. The molecular weight excluding hydrogens is 550 g/mol. The van der Waals surface area contributed by atoms with E-state index >= 15 is 0 Å². The monoisotopic (exact) mass is 591 g/mol. The van der Waals surface area contributed by atoms with Crippen LogP contribution in [-0.4, -0.2) is 30.4 Å². The van der Waals surface area contributed by atoms with Crippen molar-refractivity contribution in [3.63, 3.8) is 0 Å². The number of ether oxygens (including phenoxy) is 1. The van der Waals surface area contributed by atoms with Gasteiger partial charge in [0.25, 0.3) is 0 Å². The molecule has 1 aliphatic carbocycles. The Morgan fingerprint density at radius 3 is 2.45 bits per heavy atom. The van der Waals surface area contributed by atoms with E-state index in [0.29, 0.717) is 5.82 Å². The van der Waals surface area contributed by atoms with Crippen molar-refractivity contribution in [2.75, 3.05) is 5.32 Å². The number of anilines is 1. The minimum absolute atomic E-state index is 0.144. The highest BCUT2D eigenvalue weighted by molar-refractivity contribution is 5.89. The number of pyridine rings is 1. The predicted octanol–water partition coefficient (Wildman–Crippen LogP) is 7.81. The lowest BCUT2D eigenvalue weighted by Gasteiger charge is -2.22. The van der Waals surface area contributed by atoms with Gasteiger partial charge in [0.1, 0.15) is 23.5 Å². The minimum Gasteiger partial charge on any atom is -0.484 e. The molecule has 0 bridgehead atoms. The number of carbonyl (C=O) groups excluding carboxylic acids is 1. The van der Waals surface area contributed by atoms with E-state index in [0.717, 1.165) is 64.6 Å². The van der Waals surface area contributed by atoms with Crippen LogP contribution in [0, 0.1) is 6.92 Å². The standard InChI is InChI=1S/C35H41N7O2/c1-22(2)33-39-38-31-19-18-25(21-41(31)33)44-29-13-9-12-28(26-10-7-8-11-27(26)29)36-34(43)37-32-20-30(35(4,5)6)40-42(32)24-16-14-23(3)15-17-24/h7-8,10-11,14-22,28-29H,9,12-13H2,1-6H3,(H2,36,37,43). The Bertz CT molecular complexity index is 1780. The predicted molar refractivity (Wildman–Crippen MR) is 173 cm³/mol. The lowest BCUT2D eigenvalue weighted by atomic mass is 9.92. The molecule has 1 aliphatic rings. The molecule has 2 aromatic carbocycles. The Kier molecular flexibility index (Phi) is 7.88. The Hall–Kier alpha value is -4.66. The Balaban J connectivity index is 1.23. The van der Waals surface area contributed by atoms with Gasteiger partial charge in [-0.1, -0.05) is 76.6 Å². The van der Waals surface area contributed by atoms with Crippen LogP contribution in [0.15, 0.2) is 72.9 Å². The zero-order chi connectivity index (χ0) is 31.0. The second-order valence-electron chi connectivity index (χ2n) is 13.0. The Labute approximate surface area is 258 Å².